The summed E-state index contributed by atoms with van der Waals surface area (Å²) in [6.07, 6.45) is 0.338. The fraction of sp³-hybridized carbons (Fsp3) is 0.500. The predicted molar refractivity (Wildman–Crippen MR) is 95.9 cm³/mol. The number of hydrogen-bond donors (Lipinski definition) is 3. The van der Waals surface area contributed by atoms with Crippen LogP contribution in [0.2, 0.25) is 0 Å². The van der Waals surface area contributed by atoms with E-state index in [4.69, 9.17) is 4.74 Å². The number of nitrogens with one attached hydrogen (secondary N) is 3. The van der Waals surface area contributed by atoms with Gasteiger partial charge in [-0.15, -0.1) is 0 Å². The van der Waals surface area contributed by atoms with Gasteiger partial charge in [-0.3, -0.25) is 14.4 Å². The third kappa shape index (κ3) is 7.34. The number of anilines is 1. The lowest BCUT2D eigenvalue weighted by Crippen LogP contribution is -2.47. The lowest BCUT2D eigenvalue weighted by Gasteiger charge is -2.19. The fourth-order valence-corrected chi connectivity index (χ4v) is 2.20. The van der Waals surface area contributed by atoms with Crippen molar-refractivity contribution in [3.05, 3.63) is 29.8 Å². The van der Waals surface area contributed by atoms with Crippen molar-refractivity contribution in [2.45, 2.75) is 39.8 Å². The third-order valence-corrected chi connectivity index (χ3v) is 3.61. The summed E-state index contributed by atoms with van der Waals surface area (Å²) in [5.41, 5.74) is 1.45. The molecule has 0 saturated carbocycles. The minimum Gasteiger partial charge on any atom is -0.461 e. The first kappa shape index (κ1) is 20.6. The molecule has 1 rings (SSSR count). The molecule has 25 heavy (non-hydrogen) atoms. The van der Waals surface area contributed by atoms with Crippen molar-refractivity contribution in [1.29, 1.82) is 0 Å². The predicted octanol–water partition coefficient (Wildman–Crippen LogP) is 1.44. The lowest BCUT2D eigenvalue weighted by atomic mass is 10.0. The second-order valence-corrected chi connectivity index (χ2v) is 5.99. The van der Waals surface area contributed by atoms with Gasteiger partial charge in [-0.25, -0.2) is 0 Å². The Kier molecular flexibility index (Phi) is 8.63. The summed E-state index contributed by atoms with van der Waals surface area (Å²) in [4.78, 5) is 35.0. The Labute approximate surface area is 148 Å². The van der Waals surface area contributed by atoms with Gasteiger partial charge in [-0.05, 0) is 30.7 Å². The van der Waals surface area contributed by atoms with Crippen LogP contribution in [0, 0.1) is 5.92 Å². The summed E-state index contributed by atoms with van der Waals surface area (Å²) in [5, 5.41) is 8.24. The molecule has 7 heteroatoms. The first-order valence-electron chi connectivity index (χ1n) is 8.36. The van der Waals surface area contributed by atoms with E-state index in [-0.39, 0.29) is 42.9 Å². The van der Waals surface area contributed by atoms with Gasteiger partial charge in [-0.2, -0.15) is 0 Å². The molecule has 1 unspecified atom stereocenters. The second-order valence-electron chi connectivity index (χ2n) is 5.99. The van der Waals surface area contributed by atoms with E-state index < -0.39 is 0 Å². The molecule has 0 bridgehead atoms. The van der Waals surface area contributed by atoms with Crippen LogP contribution < -0.4 is 16.0 Å². The highest BCUT2D eigenvalue weighted by molar-refractivity contribution is 5.95. The monoisotopic (exact) mass is 349 g/mol. The van der Waals surface area contributed by atoms with E-state index in [0.717, 1.165) is 5.56 Å². The average molecular weight is 349 g/mol. The summed E-state index contributed by atoms with van der Waals surface area (Å²) in [7, 11) is 1.71. The van der Waals surface area contributed by atoms with Gasteiger partial charge in [0, 0.05) is 12.1 Å². The van der Waals surface area contributed by atoms with E-state index in [0.29, 0.717) is 12.1 Å². The molecule has 0 aliphatic rings. The Morgan fingerprint density at radius 1 is 1.12 bits per heavy atom. The van der Waals surface area contributed by atoms with Gasteiger partial charge < -0.3 is 20.7 Å². The number of carbonyl (C=O) groups excluding carboxylic acids is 3. The summed E-state index contributed by atoms with van der Waals surface area (Å²) in [6, 6.07) is 6.65. The molecule has 0 aliphatic carbocycles. The molecule has 1 atom stereocenters. The maximum absolute atomic E-state index is 12.0. The van der Waals surface area contributed by atoms with Crippen molar-refractivity contribution in [3.63, 3.8) is 0 Å². The fourth-order valence-electron chi connectivity index (χ4n) is 2.20. The standard InChI is InChI=1S/C18H27N3O4/c1-5-16(23)25-11-13-6-8-14(9-7-13)21-15(22)10-20-18(24)17(19-4)12(2)3/h6-9,12,17,19H,5,10-11H2,1-4H3,(H,20,24)(H,21,22). The number of ether oxygens (including phenoxy) is 1. The molecule has 3 N–H and O–H groups in total. The van der Waals surface area contributed by atoms with E-state index in [9.17, 15) is 14.4 Å². The first-order valence-corrected chi connectivity index (χ1v) is 8.36. The SMILES string of the molecule is CCC(=O)OCc1ccc(NC(=O)CNC(=O)C(NC)C(C)C)cc1. The number of hydrogen-bond acceptors (Lipinski definition) is 5. The molecule has 2 amide bonds. The molecule has 0 spiro atoms. The first-order chi connectivity index (χ1) is 11.9. The number of amides is 2. The van der Waals surface area contributed by atoms with Gasteiger partial charge in [0.05, 0.1) is 12.6 Å². The highest BCUT2D eigenvalue weighted by Crippen LogP contribution is 2.10. The van der Waals surface area contributed by atoms with Crippen LogP contribution in [0.15, 0.2) is 24.3 Å². The Hall–Kier alpha value is -2.41. The highest BCUT2D eigenvalue weighted by atomic mass is 16.5. The van der Waals surface area contributed by atoms with Crippen LogP contribution in [0.4, 0.5) is 5.69 Å². The van der Waals surface area contributed by atoms with Gasteiger partial charge in [0.2, 0.25) is 11.8 Å². The largest absolute Gasteiger partial charge is 0.461 e. The highest BCUT2D eigenvalue weighted by Gasteiger charge is 2.20. The lowest BCUT2D eigenvalue weighted by molar-refractivity contribution is -0.144. The second kappa shape index (κ2) is 10.5. The third-order valence-electron chi connectivity index (χ3n) is 3.61. The van der Waals surface area contributed by atoms with Crippen LogP contribution in [0.3, 0.4) is 0 Å². The molecular weight excluding hydrogens is 322 g/mol. The van der Waals surface area contributed by atoms with Crippen LogP contribution in [-0.2, 0) is 25.7 Å². The van der Waals surface area contributed by atoms with Crippen LogP contribution in [0.5, 0.6) is 0 Å². The van der Waals surface area contributed by atoms with Crippen molar-refractivity contribution in [1.82, 2.24) is 10.6 Å². The number of likely N-dealkylation sites (N-methyl/N-ethyl adjacent to an activating group) is 1. The number of esters is 1. The van der Waals surface area contributed by atoms with Crippen molar-refractivity contribution in [2.75, 3.05) is 18.9 Å². The van der Waals surface area contributed by atoms with Crippen LogP contribution >= 0.6 is 0 Å². The smallest absolute Gasteiger partial charge is 0.305 e. The van der Waals surface area contributed by atoms with E-state index in [1.165, 1.54) is 0 Å². The number of benzene rings is 1. The quantitative estimate of drug-likeness (QED) is 0.586. The Balaban J connectivity index is 2.44. The van der Waals surface area contributed by atoms with E-state index in [1.54, 1.807) is 38.2 Å². The Morgan fingerprint density at radius 3 is 2.28 bits per heavy atom. The van der Waals surface area contributed by atoms with E-state index >= 15 is 0 Å². The van der Waals surface area contributed by atoms with Crippen LogP contribution in [0.1, 0.15) is 32.8 Å². The molecule has 0 aromatic heterocycles. The van der Waals surface area contributed by atoms with Gasteiger partial charge in [0.1, 0.15) is 6.61 Å². The van der Waals surface area contributed by atoms with Gasteiger partial charge >= 0.3 is 5.97 Å². The average Bonchev–Trinajstić information content (AvgIpc) is 2.59. The zero-order chi connectivity index (χ0) is 18.8. The molecule has 0 aliphatic heterocycles. The van der Waals surface area contributed by atoms with E-state index in [2.05, 4.69) is 16.0 Å². The van der Waals surface area contributed by atoms with Gasteiger partial charge in [0.15, 0.2) is 0 Å². The van der Waals surface area contributed by atoms with Crippen molar-refractivity contribution in [2.24, 2.45) is 5.92 Å². The zero-order valence-corrected chi connectivity index (χ0v) is 15.2. The normalized spacial score (nSPS) is 11.7. The maximum atomic E-state index is 12.0. The molecule has 0 fully saturated rings. The minimum absolute atomic E-state index is 0.0976. The number of rotatable bonds is 9. The van der Waals surface area contributed by atoms with Crippen molar-refractivity contribution < 1.29 is 19.1 Å². The zero-order valence-electron chi connectivity index (χ0n) is 15.2. The van der Waals surface area contributed by atoms with Crippen LogP contribution in [-0.4, -0.2) is 37.4 Å². The molecule has 0 radical (unpaired) electrons. The number of carbonyl (C=O) groups is 3. The summed E-state index contributed by atoms with van der Waals surface area (Å²) in [5.74, 6) is -0.644. The molecule has 0 heterocycles. The topological polar surface area (TPSA) is 96.5 Å². The molecule has 7 nitrogen and oxygen atoms in total. The van der Waals surface area contributed by atoms with Crippen molar-refractivity contribution >= 4 is 23.5 Å². The summed E-state index contributed by atoms with van der Waals surface area (Å²) < 4.78 is 5.04. The molecule has 0 saturated heterocycles. The Bertz CT molecular complexity index is 584. The minimum atomic E-state index is -0.335. The van der Waals surface area contributed by atoms with Gasteiger partial charge in [0.25, 0.3) is 0 Å². The molecule has 138 valence electrons. The summed E-state index contributed by atoms with van der Waals surface area (Å²) in [6.45, 7) is 5.71. The maximum Gasteiger partial charge on any atom is 0.305 e. The van der Waals surface area contributed by atoms with E-state index in [1.807, 2.05) is 13.8 Å². The molecule has 1 aromatic carbocycles. The Morgan fingerprint density at radius 2 is 1.76 bits per heavy atom. The molecular formula is C18H27N3O4. The van der Waals surface area contributed by atoms with Gasteiger partial charge in [-0.1, -0.05) is 32.9 Å². The molecule has 1 aromatic rings. The van der Waals surface area contributed by atoms with Crippen molar-refractivity contribution in [3.8, 4) is 0 Å². The van der Waals surface area contributed by atoms with Crippen LogP contribution in [0.25, 0.3) is 0 Å². The summed E-state index contributed by atoms with van der Waals surface area (Å²) >= 11 is 0.